The van der Waals surface area contributed by atoms with E-state index in [4.69, 9.17) is 40.2 Å². The predicted molar refractivity (Wildman–Crippen MR) is 181 cm³/mol. The zero-order valence-electron chi connectivity index (χ0n) is 27.9. The lowest BCUT2D eigenvalue weighted by Crippen LogP contribution is -2.49. The van der Waals surface area contributed by atoms with Gasteiger partial charge in [0.1, 0.15) is 41.1 Å². The van der Waals surface area contributed by atoms with Crippen molar-refractivity contribution in [1.82, 2.24) is 19.9 Å². The van der Waals surface area contributed by atoms with Crippen molar-refractivity contribution < 1.29 is 32.6 Å². The Bertz CT molecular complexity index is 1940. The number of anilines is 1. The first-order chi connectivity index (χ1) is 23.4. The molecule has 0 spiro atoms. The van der Waals surface area contributed by atoms with Crippen LogP contribution in [-0.2, 0) is 31.3 Å². The minimum Gasteiger partial charge on any atom is -0.472 e. The molecule has 4 aromatic rings. The predicted octanol–water partition coefficient (Wildman–Crippen LogP) is 6.30. The van der Waals surface area contributed by atoms with Crippen molar-refractivity contribution in [2.75, 3.05) is 31.1 Å². The van der Waals surface area contributed by atoms with E-state index in [0.717, 1.165) is 5.39 Å². The molecule has 6 bridgehead atoms. The van der Waals surface area contributed by atoms with E-state index in [1.165, 1.54) is 6.20 Å². The van der Waals surface area contributed by atoms with Gasteiger partial charge in [-0.2, -0.15) is 0 Å². The molecule has 1 amide bonds. The quantitative estimate of drug-likeness (QED) is 0.166. The smallest absolute Gasteiger partial charge is 0.329 e. The molecule has 13 heteroatoms. The van der Waals surface area contributed by atoms with Crippen LogP contribution in [0.3, 0.4) is 0 Å². The van der Waals surface area contributed by atoms with Gasteiger partial charge in [-0.1, -0.05) is 42.8 Å². The fourth-order valence-electron chi connectivity index (χ4n) is 6.90. The number of carbonyl (C=O) groups is 2. The van der Waals surface area contributed by atoms with Crippen LogP contribution in [0.4, 0.5) is 10.2 Å². The summed E-state index contributed by atoms with van der Waals surface area (Å²) in [6.07, 6.45) is 4.76. The third kappa shape index (κ3) is 6.55. The van der Waals surface area contributed by atoms with E-state index in [1.54, 1.807) is 30.0 Å². The average molecular weight is 692 g/mol. The maximum Gasteiger partial charge on any atom is 0.329 e. The van der Waals surface area contributed by atoms with E-state index < -0.39 is 35.3 Å². The number of rotatable bonds is 1. The van der Waals surface area contributed by atoms with Crippen molar-refractivity contribution >= 4 is 51.4 Å². The number of hydrogen-bond donors (Lipinski definition) is 0. The highest BCUT2D eigenvalue weighted by Crippen LogP contribution is 2.46. The van der Waals surface area contributed by atoms with Gasteiger partial charge >= 0.3 is 5.97 Å². The number of amides is 1. The van der Waals surface area contributed by atoms with Gasteiger partial charge in [0.15, 0.2) is 17.2 Å². The molecule has 0 N–H and O–H groups in total. The second kappa shape index (κ2) is 12.9. The van der Waals surface area contributed by atoms with Gasteiger partial charge < -0.3 is 28.4 Å². The minimum atomic E-state index is -1.86. The van der Waals surface area contributed by atoms with Crippen LogP contribution in [0.15, 0.2) is 53.1 Å². The van der Waals surface area contributed by atoms with Crippen LogP contribution in [0.5, 0.6) is 5.88 Å². The molecular weight excluding hydrogens is 653 g/mol. The van der Waals surface area contributed by atoms with Gasteiger partial charge in [-0.05, 0) is 39.0 Å². The number of nitrogens with zero attached hydrogens (tertiary/aromatic N) is 5. The highest BCUT2D eigenvalue weighted by molar-refractivity contribution is 6.30. The summed E-state index contributed by atoms with van der Waals surface area (Å²) in [5, 5.41) is 1.06. The molecule has 0 aliphatic carbocycles. The van der Waals surface area contributed by atoms with Crippen LogP contribution in [-0.4, -0.2) is 75.7 Å². The fraction of sp³-hybridized carbons (Fsp3) is 0.472. The van der Waals surface area contributed by atoms with E-state index in [2.05, 4.69) is 4.98 Å². The summed E-state index contributed by atoms with van der Waals surface area (Å²) < 4.78 is 41.8. The second-order valence-electron chi connectivity index (χ2n) is 14.0. The van der Waals surface area contributed by atoms with Crippen LogP contribution in [0, 0.1) is 5.92 Å². The Labute approximate surface area is 288 Å². The van der Waals surface area contributed by atoms with Gasteiger partial charge in [0.2, 0.25) is 11.8 Å². The normalized spacial score (nSPS) is 25.0. The van der Waals surface area contributed by atoms with Gasteiger partial charge in [-0.25, -0.2) is 24.1 Å². The van der Waals surface area contributed by atoms with Crippen molar-refractivity contribution in [3.8, 4) is 5.88 Å². The number of hydrogen-bond acceptors (Lipinski definition) is 10. The lowest BCUT2D eigenvalue weighted by atomic mass is 9.78. The van der Waals surface area contributed by atoms with Gasteiger partial charge in [-0.15, -0.1) is 0 Å². The molecule has 0 unspecified atom stereocenters. The van der Waals surface area contributed by atoms with Crippen LogP contribution in [0.1, 0.15) is 58.3 Å². The maximum atomic E-state index is 17.2. The molecule has 4 atom stereocenters. The molecule has 49 heavy (non-hydrogen) atoms. The van der Waals surface area contributed by atoms with Crippen molar-refractivity contribution in [2.24, 2.45) is 5.92 Å². The first-order valence-corrected chi connectivity index (χ1v) is 17.0. The van der Waals surface area contributed by atoms with E-state index in [0.29, 0.717) is 28.3 Å². The first-order valence-electron chi connectivity index (χ1n) is 16.6. The van der Waals surface area contributed by atoms with Gasteiger partial charge in [0.25, 0.3) is 0 Å². The molecule has 0 radical (unpaired) electrons. The van der Waals surface area contributed by atoms with Crippen molar-refractivity contribution in [1.29, 1.82) is 0 Å². The Kier molecular flexibility index (Phi) is 8.72. The lowest BCUT2D eigenvalue weighted by molar-refractivity contribution is -0.156. The number of esters is 1. The number of pyridine rings is 1. The topological polar surface area (TPSA) is 120 Å². The molecule has 4 aliphatic heterocycles. The first kappa shape index (κ1) is 33.2. The van der Waals surface area contributed by atoms with Gasteiger partial charge in [0, 0.05) is 49.9 Å². The molecule has 0 saturated carbocycles. The number of carbonyl (C=O) groups excluding carboxylic acids is 2. The molecule has 1 aromatic carbocycles. The van der Waals surface area contributed by atoms with Crippen molar-refractivity contribution in [2.45, 2.75) is 77.0 Å². The lowest BCUT2D eigenvalue weighted by Gasteiger charge is -2.42. The SMILES string of the molecule is C[C@H]1CN2CC[C@]1(F)c1cc(Cl)cnc1O[C@H]1C[C@@H](C(=O)OC(C)(C)C)N(C1)c1nc(nc3c1oc1ccccc13)COCC=CCC2=O. The summed E-state index contributed by atoms with van der Waals surface area (Å²) in [7, 11) is 0. The molecular formula is C36H39ClFN5O6. The number of benzene rings is 1. The molecule has 7 heterocycles. The maximum absolute atomic E-state index is 17.2. The Morgan fingerprint density at radius 3 is 2.78 bits per heavy atom. The third-order valence-corrected chi connectivity index (χ3v) is 9.49. The molecule has 2 fully saturated rings. The number of aromatic nitrogens is 3. The molecule has 8 rings (SSSR count). The Morgan fingerprint density at radius 2 is 1.98 bits per heavy atom. The number of para-hydroxylation sites is 1. The van der Waals surface area contributed by atoms with Crippen LogP contribution in [0.25, 0.3) is 22.1 Å². The Morgan fingerprint density at radius 1 is 1.16 bits per heavy atom. The molecule has 11 nitrogen and oxygen atoms in total. The fourth-order valence-corrected chi connectivity index (χ4v) is 7.06. The monoisotopic (exact) mass is 691 g/mol. The standard InChI is InChI=1S/C36H39ClFN5O6/c1-21-18-42-13-12-36(21,38)25-15-22(37)17-39-33(25)47-23-16-26(34(45)49-35(2,3)4)43(19-23)32-31-30(24-9-5-6-10-27(24)48-31)40-28(41-32)20-46-14-8-7-11-29(42)44/h5-10,15,17,21,23,26H,11-14,16,18-20H2,1-4H3/t21-,23-,26-,36+/m0/s1. The number of alkyl halides is 1. The van der Waals surface area contributed by atoms with Gasteiger partial charge in [0.05, 0.1) is 23.7 Å². The summed E-state index contributed by atoms with van der Waals surface area (Å²) in [6.45, 7) is 8.16. The highest BCUT2D eigenvalue weighted by Gasteiger charge is 2.48. The molecule has 258 valence electrons. The summed E-state index contributed by atoms with van der Waals surface area (Å²) in [5.41, 5.74) is -0.784. The van der Waals surface area contributed by atoms with Crippen LogP contribution >= 0.6 is 11.6 Å². The number of halogens is 2. The van der Waals surface area contributed by atoms with Gasteiger partial charge in [-0.3, -0.25) is 4.79 Å². The van der Waals surface area contributed by atoms with E-state index >= 15 is 4.39 Å². The number of fused-ring (bicyclic) bond motifs is 10. The third-order valence-electron chi connectivity index (χ3n) is 9.28. The van der Waals surface area contributed by atoms with Crippen molar-refractivity contribution in [3.63, 3.8) is 0 Å². The Hall–Kier alpha value is -4.29. The molecule has 2 saturated heterocycles. The number of furan rings is 1. The van der Waals surface area contributed by atoms with E-state index in [9.17, 15) is 9.59 Å². The molecule has 4 aliphatic rings. The van der Waals surface area contributed by atoms with E-state index in [1.807, 2.05) is 49.9 Å². The summed E-state index contributed by atoms with van der Waals surface area (Å²) >= 11 is 6.39. The van der Waals surface area contributed by atoms with Crippen LogP contribution in [0.2, 0.25) is 5.02 Å². The highest BCUT2D eigenvalue weighted by atomic mass is 35.5. The van der Waals surface area contributed by atoms with Crippen molar-refractivity contribution in [3.05, 3.63) is 65.1 Å². The summed E-state index contributed by atoms with van der Waals surface area (Å²) in [6, 6.07) is 8.28. The zero-order chi connectivity index (χ0) is 34.5. The zero-order valence-corrected chi connectivity index (χ0v) is 28.7. The largest absolute Gasteiger partial charge is 0.472 e. The summed E-state index contributed by atoms with van der Waals surface area (Å²) in [4.78, 5) is 44.5. The molecule has 3 aromatic heterocycles. The van der Waals surface area contributed by atoms with E-state index in [-0.39, 0.29) is 74.5 Å². The summed E-state index contributed by atoms with van der Waals surface area (Å²) in [5.74, 6) is -0.245. The minimum absolute atomic E-state index is 0.0518. The number of piperidine rings is 1. The van der Waals surface area contributed by atoms with Crippen LogP contribution < -0.4 is 9.64 Å². The Balaban J connectivity index is 1.35. The average Bonchev–Trinajstić information content (AvgIpc) is 3.65. The number of ether oxygens (including phenoxy) is 3. The second-order valence-corrected chi connectivity index (χ2v) is 14.4.